The number of hydrogen-bond donors (Lipinski definition) is 1. The van der Waals surface area contributed by atoms with Crippen molar-refractivity contribution >= 4 is 11.6 Å². The quantitative estimate of drug-likeness (QED) is 0.421. The summed E-state index contributed by atoms with van der Waals surface area (Å²) in [6.07, 6.45) is 1.16. The molecule has 0 aliphatic rings. The molecule has 118 valence electrons. The number of non-ortho nitro benzene ring substituents is 1. The van der Waals surface area contributed by atoms with Gasteiger partial charge in [-0.05, 0) is 17.7 Å². The number of aliphatic hydroxyl groups is 1. The van der Waals surface area contributed by atoms with Gasteiger partial charge in [0.25, 0.3) is 5.69 Å². The molecule has 7 heteroatoms. The van der Waals surface area contributed by atoms with E-state index in [0.717, 1.165) is 0 Å². The molecular weight excluding hydrogens is 444 g/mol. The maximum atomic E-state index is 11.0. The number of benzene rings is 1. The molecule has 0 aliphatic carbocycles. The second-order valence-electron chi connectivity index (χ2n) is 4.34. The molecule has 0 saturated heterocycles. The Kier molecular flexibility index (Phi) is 12.0. The molecule has 1 atom stereocenters. The third-order valence-electron chi connectivity index (χ3n) is 2.47. The molecule has 1 amide bonds. The Bertz CT molecular complexity index is 437. The second kappa shape index (κ2) is 11.4. The first-order valence-corrected chi connectivity index (χ1v) is 6.21. The topological polar surface area (TPSA) is 83.7 Å². The van der Waals surface area contributed by atoms with E-state index in [-0.39, 0.29) is 39.2 Å². The summed E-state index contributed by atoms with van der Waals surface area (Å²) in [6.45, 7) is 5.57. The molecule has 1 aromatic carbocycles. The van der Waals surface area contributed by atoms with Gasteiger partial charge in [0.05, 0.1) is 17.6 Å². The summed E-state index contributed by atoms with van der Waals surface area (Å²) >= 11 is 0. The number of rotatable bonds is 4. The van der Waals surface area contributed by atoms with Gasteiger partial charge in [-0.2, -0.15) is 13.8 Å². The SMILES string of the molecule is CC(=O)N(C)CC(O)c1ccc([N+](=O)[O-])cc1.C[CH-]C.[W]. The number of nitrogens with zero attached hydrogens (tertiary/aromatic N) is 2. The zero-order chi connectivity index (χ0) is 15.7. The van der Waals surface area contributed by atoms with Gasteiger partial charge in [-0.1, -0.05) is 0 Å². The van der Waals surface area contributed by atoms with Crippen molar-refractivity contribution in [2.24, 2.45) is 0 Å². The van der Waals surface area contributed by atoms with Crippen molar-refractivity contribution in [2.45, 2.75) is 26.9 Å². The number of aliphatic hydroxyl groups excluding tert-OH is 1. The van der Waals surface area contributed by atoms with Gasteiger partial charge >= 0.3 is 0 Å². The largest absolute Gasteiger partial charge is 0.387 e. The van der Waals surface area contributed by atoms with E-state index in [1.54, 1.807) is 7.05 Å². The summed E-state index contributed by atoms with van der Waals surface area (Å²) in [4.78, 5) is 22.3. The summed E-state index contributed by atoms with van der Waals surface area (Å²) in [5.41, 5.74) is 0.518. The van der Waals surface area contributed by atoms with Crippen LogP contribution in [0.3, 0.4) is 0 Å². The number of carbonyl (C=O) groups is 1. The zero-order valence-electron chi connectivity index (χ0n) is 12.6. The van der Waals surface area contributed by atoms with E-state index in [1.165, 1.54) is 36.1 Å². The average molecular weight is 465 g/mol. The number of nitro benzene ring substituents is 1. The monoisotopic (exact) mass is 465 g/mol. The van der Waals surface area contributed by atoms with Crippen LogP contribution in [0.2, 0.25) is 0 Å². The molecule has 1 rings (SSSR count). The molecule has 0 heterocycles. The van der Waals surface area contributed by atoms with Crippen molar-refractivity contribution < 1.29 is 35.9 Å². The van der Waals surface area contributed by atoms with Crippen LogP contribution < -0.4 is 0 Å². The number of nitro groups is 1. The molecule has 6 nitrogen and oxygen atoms in total. The van der Waals surface area contributed by atoms with Crippen molar-refractivity contribution in [1.82, 2.24) is 4.90 Å². The van der Waals surface area contributed by atoms with Crippen LogP contribution in [0.5, 0.6) is 0 Å². The Morgan fingerprint density at radius 1 is 1.38 bits per heavy atom. The molecule has 0 saturated carbocycles. The number of carbonyl (C=O) groups excluding carboxylic acids is 1. The van der Waals surface area contributed by atoms with Gasteiger partial charge in [-0.25, -0.2) is 0 Å². The van der Waals surface area contributed by atoms with Crippen LogP contribution in [0.1, 0.15) is 32.4 Å². The third-order valence-corrected chi connectivity index (χ3v) is 2.47. The number of likely N-dealkylation sites (N-methyl/N-ethyl adjacent to an activating group) is 1. The smallest absolute Gasteiger partial charge is 0.269 e. The van der Waals surface area contributed by atoms with Crippen molar-refractivity contribution in [2.75, 3.05) is 13.6 Å². The molecule has 0 aromatic heterocycles. The van der Waals surface area contributed by atoms with E-state index >= 15 is 0 Å². The van der Waals surface area contributed by atoms with Crippen LogP contribution in [0, 0.1) is 16.5 Å². The standard InChI is InChI=1S/C11H14N2O4.C3H7.W/c1-8(14)12(2)7-11(15)9-3-5-10(6-4-9)13(16)17;1-3-2;/h3-6,11,15H,7H2,1-2H3;3H,1-2H3;/q;-1;. The van der Waals surface area contributed by atoms with Crippen LogP contribution in [-0.4, -0.2) is 34.4 Å². The summed E-state index contributed by atoms with van der Waals surface area (Å²) in [6, 6.07) is 5.62. The summed E-state index contributed by atoms with van der Waals surface area (Å²) in [5, 5.41) is 20.2. The number of hydrogen-bond acceptors (Lipinski definition) is 4. The number of amides is 1. The Morgan fingerprint density at radius 2 is 1.81 bits per heavy atom. The second-order valence-corrected chi connectivity index (χ2v) is 4.34. The van der Waals surface area contributed by atoms with Crippen molar-refractivity contribution in [3.63, 3.8) is 0 Å². The molecule has 0 radical (unpaired) electrons. The predicted octanol–water partition coefficient (Wildman–Crippen LogP) is 2.33. The maximum absolute atomic E-state index is 11.0. The summed E-state index contributed by atoms with van der Waals surface area (Å²) < 4.78 is 0. The molecule has 0 spiro atoms. The first-order chi connectivity index (χ1) is 9.33. The fourth-order valence-electron chi connectivity index (χ4n) is 1.31. The summed E-state index contributed by atoms with van der Waals surface area (Å²) in [7, 11) is 1.58. The van der Waals surface area contributed by atoms with E-state index in [2.05, 4.69) is 0 Å². The predicted molar refractivity (Wildman–Crippen MR) is 77.0 cm³/mol. The minimum Gasteiger partial charge on any atom is -0.387 e. The molecule has 0 bridgehead atoms. The van der Waals surface area contributed by atoms with Crippen LogP contribution in [-0.2, 0) is 25.9 Å². The van der Waals surface area contributed by atoms with Gasteiger partial charge < -0.3 is 16.4 Å². The van der Waals surface area contributed by atoms with Gasteiger partial charge in [0.15, 0.2) is 0 Å². The molecule has 0 aliphatic heterocycles. The van der Waals surface area contributed by atoms with Gasteiger partial charge in [-0.15, -0.1) is 0 Å². The van der Waals surface area contributed by atoms with Gasteiger partial charge in [-0.3, -0.25) is 14.9 Å². The van der Waals surface area contributed by atoms with Crippen molar-refractivity contribution in [1.29, 1.82) is 0 Å². The first kappa shape index (κ1) is 22.0. The summed E-state index contributed by atoms with van der Waals surface area (Å²) in [5.74, 6) is -0.147. The molecule has 0 fully saturated rings. The van der Waals surface area contributed by atoms with Crippen molar-refractivity contribution in [3.8, 4) is 0 Å². The maximum Gasteiger partial charge on any atom is 0.269 e. The van der Waals surface area contributed by atoms with Crippen LogP contribution in [0.15, 0.2) is 24.3 Å². The molecule has 1 unspecified atom stereocenters. The van der Waals surface area contributed by atoms with E-state index in [1.807, 2.05) is 20.3 Å². The van der Waals surface area contributed by atoms with Gasteiger partial charge in [0, 0.05) is 47.2 Å². The normalized spacial score (nSPS) is 10.5. The molecule has 1 aromatic rings. The third kappa shape index (κ3) is 8.58. The van der Waals surface area contributed by atoms with E-state index in [9.17, 15) is 20.0 Å². The van der Waals surface area contributed by atoms with Crippen LogP contribution in [0.25, 0.3) is 0 Å². The van der Waals surface area contributed by atoms with Crippen molar-refractivity contribution in [3.05, 3.63) is 46.4 Å². The minimum atomic E-state index is -0.843. The Balaban J connectivity index is 0. The van der Waals surface area contributed by atoms with Gasteiger partial charge in [0.2, 0.25) is 5.91 Å². The first-order valence-electron chi connectivity index (χ1n) is 6.21. The fourth-order valence-corrected chi connectivity index (χ4v) is 1.31. The van der Waals surface area contributed by atoms with E-state index in [4.69, 9.17) is 0 Å². The van der Waals surface area contributed by atoms with E-state index in [0.29, 0.717) is 5.56 Å². The zero-order valence-corrected chi connectivity index (χ0v) is 15.6. The Hall–Kier alpha value is -1.26. The Morgan fingerprint density at radius 3 is 2.14 bits per heavy atom. The fraction of sp³-hybridized carbons (Fsp3) is 0.429. The molecular formula is C14H21N2O4W-. The van der Waals surface area contributed by atoms with Crippen LogP contribution in [0.4, 0.5) is 5.69 Å². The van der Waals surface area contributed by atoms with Gasteiger partial charge in [0.1, 0.15) is 0 Å². The van der Waals surface area contributed by atoms with Crippen LogP contribution >= 0.6 is 0 Å². The Labute approximate surface area is 139 Å². The molecule has 1 N–H and O–H groups in total. The molecule has 21 heavy (non-hydrogen) atoms. The minimum absolute atomic E-state index is 0. The van der Waals surface area contributed by atoms with E-state index < -0.39 is 11.0 Å². The average Bonchev–Trinajstić information content (AvgIpc) is 2.39.